The summed E-state index contributed by atoms with van der Waals surface area (Å²) in [5, 5.41) is 0.738. The molecule has 4 nitrogen and oxygen atoms in total. The lowest BCUT2D eigenvalue weighted by molar-refractivity contribution is -0.134. The number of hydrogen-bond acceptors (Lipinski definition) is 3. The molecule has 0 aromatic heterocycles. The highest BCUT2D eigenvalue weighted by atomic mass is 35.5. The number of likely N-dealkylation sites (N-methyl/N-ethyl adjacent to an activating group) is 1. The van der Waals surface area contributed by atoms with E-state index in [0.717, 1.165) is 42.3 Å². The van der Waals surface area contributed by atoms with Crippen molar-refractivity contribution < 1.29 is 9.53 Å². The van der Waals surface area contributed by atoms with Gasteiger partial charge in [0.15, 0.2) is 0 Å². The molecular weight excluding hydrogens is 336 g/mol. The van der Waals surface area contributed by atoms with Crippen LogP contribution in [0.5, 0.6) is 5.75 Å². The second-order valence-electron chi connectivity index (χ2n) is 7.81. The molecule has 1 saturated heterocycles. The van der Waals surface area contributed by atoms with Gasteiger partial charge in [-0.1, -0.05) is 11.6 Å². The molecule has 25 heavy (non-hydrogen) atoms. The Balaban J connectivity index is 1.41. The van der Waals surface area contributed by atoms with Gasteiger partial charge in [0.2, 0.25) is 5.91 Å². The molecule has 134 valence electrons. The Labute approximate surface area is 154 Å². The fraction of sp³-hybridized carbons (Fsp3) is 0.550. The van der Waals surface area contributed by atoms with Crippen molar-refractivity contribution in [1.82, 2.24) is 9.80 Å². The zero-order valence-corrected chi connectivity index (χ0v) is 15.6. The van der Waals surface area contributed by atoms with E-state index in [4.69, 9.17) is 16.3 Å². The smallest absolute Gasteiger partial charge is 0.222 e. The Morgan fingerprint density at radius 3 is 2.96 bits per heavy atom. The van der Waals surface area contributed by atoms with Crippen LogP contribution >= 0.6 is 11.6 Å². The van der Waals surface area contributed by atoms with Crippen LogP contribution in [0.4, 0.5) is 0 Å². The number of carbonyl (C=O) groups excluding carboxylic acids is 1. The molecule has 1 aromatic rings. The maximum Gasteiger partial charge on any atom is 0.222 e. The molecule has 0 radical (unpaired) electrons. The molecule has 1 aliphatic carbocycles. The predicted octanol–water partition coefficient (Wildman–Crippen LogP) is 3.30. The molecule has 0 bridgehead atoms. The third-order valence-electron chi connectivity index (χ3n) is 6.01. The lowest BCUT2D eigenvalue weighted by atomic mass is 9.88. The van der Waals surface area contributed by atoms with Crippen LogP contribution in [0, 0.1) is 11.8 Å². The molecule has 4 rings (SSSR count). The van der Waals surface area contributed by atoms with Gasteiger partial charge in [0.1, 0.15) is 12.4 Å². The van der Waals surface area contributed by atoms with Gasteiger partial charge >= 0.3 is 0 Å². The number of amides is 1. The van der Waals surface area contributed by atoms with Crippen molar-refractivity contribution in [2.45, 2.75) is 25.3 Å². The van der Waals surface area contributed by atoms with Gasteiger partial charge in [-0.15, -0.1) is 0 Å². The SMILES string of the molecule is CN1C[C@H]2C[C@@H](N(C)CC3=Cc4cc(Cl)ccc4OC3)C[C@H]2CC1=O. The molecule has 0 N–H and O–H groups in total. The highest BCUT2D eigenvalue weighted by molar-refractivity contribution is 6.30. The van der Waals surface area contributed by atoms with Crippen molar-refractivity contribution in [3.05, 3.63) is 34.4 Å². The summed E-state index contributed by atoms with van der Waals surface area (Å²) < 4.78 is 5.87. The fourth-order valence-electron chi connectivity index (χ4n) is 4.58. The number of piperidine rings is 1. The Hall–Kier alpha value is -1.52. The van der Waals surface area contributed by atoms with Crippen LogP contribution in [0.3, 0.4) is 0 Å². The predicted molar refractivity (Wildman–Crippen MR) is 99.8 cm³/mol. The molecule has 1 saturated carbocycles. The summed E-state index contributed by atoms with van der Waals surface area (Å²) in [6.45, 7) is 2.46. The van der Waals surface area contributed by atoms with Gasteiger partial charge in [-0.25, -0.2) is 0 Å². The van der Waals surface area contributed by atoms with Crippen molar-refractivity contribution in [2.75, 3.05) is 33.8 Å². The lowest BCUT2D eigenvalue weighted by Gasteiger charge is -2.31. The first-order chi connectivity index (χ1) is 12.0. The molecule has 1 amide bonds. The van der Waals surface area contributed by atoms with E-state index < -0.39 is 0 Å². The van der Waals surface area contributed by atoms with Crippen LogP contribution in [-0.4, -0.2) is 55.5 Å². The van der Waals surface area contributed by atoms with Crippen molar-refractivity contribution in [3.8, 4) is 5.75 Å². The molecule has 2 fully saturated rings. The van der Waals surface area contributed by atoms with Gasteiger partial charge < -0.3 is 9.64 Å². The van der Waals surface area contributed by atoms with Gasteiger partial charge in [-0.3, -0.25) is 9.69 Å². The van der Waals surface area contributed by atoms with Gasteiger partial charge in [0.25, 0.3) is 0 Å². The minimum absolute atomic E-state index is 0.307. The molecule has 5 heteroatoms. The zero-order valence-electron chi connectivity index (χ0n) is 14.9. The number of halogens is 1. The Morgan fingerprint density at radius 2 is 2.12 bits per heavy atom. The van der Waals surface area contributed by atoms with Crippen LogP contribution in [-0.2, 0) is 4.79 Å². The molecular formula is C20H25ClN2O2. The van der Waals surface area contributed by atoms with E-state index in [1.165, 1.54) is 12.0 Å². The molecule has 3 aliphatic rings. The third-order valence-corrected chi connectivity index (χ3v) is 6.24. The van der Waals surface area contributed by atoms with E-state index in [0.29, 0.717) is 30.4 Å². The molecule has 0 spiro atoms. The number of fused-ring (bicyclic) bond motifs is 2. The van der Waals surface area contributed by atoms with Crippen molar-refractivity contribution in [2.24, 2.45) is 11.8 Å². The number of likely N-dealkylation sites (tertiary alicyclic amines) is 1. The maximum absolute atomic E-state index is 12.0. The molecule has 2 aliphatic heterocycles. The van der Waals surface area contributed by atoms with Crippen molar-refractivity contribution in [1.29, 1.82) is 0 Å². The third kappa shape index (κ3) is 3.42. The van der Waals surface area contributed by atoms with Gasteiger partial charge in [-0.05, 0) is 61.6 Å². The van der Waals surface area contributed by atoms with Crippen LogP contribution in [0.2, 0.25) is 5.02 Å². The summed E-state index contributed by atoms with van der Waals surface area (Å²) in [6.07, 6.45) is 5.26. The molecule has 3 atom stereocenters. The van der Waals surface area contributed by atoms with Crippen molar-refractivity contribution >= 4 is 23.6 Å². The number of rotatable bonds is 3. The highest BCUT2D eigenvalue weighted by Crippen LogP contribution is 2.40. The fourth-order valence-corrected chi connectivity index (χ4v) is 4.76. The minimum atomic E-state index is 0.307. The standard InChI is InChI=1S/C20H25ClN2O2/c1-22(18-7-14-9-20(24)23(2)11-16(14)8-18)10-13-5-15-6-17(21)3-4-19(15)25-12-13/h3-6,14,16,18H,7-12H2,1-2H3/t14-,16+,18-/m0/s1. The second kappa shape index (κ2) is 6.65. The van der Waals surface area contributed by atoms with Crippen LogP contribution < -0.4 is 4.74 Å². The quantitative estimate of drug-likeness (QED) is 0.829. The van der Waals surface area contributed by atoms with Gasteiger partial charge in [0, 0.05) is 43.2 Å². The summed E-state index contributed by atoms with van der Waals surface area (Å²) in [6, 6.07) is 6.31. The first kappa shape index (κ1) is 16.9. The van der Waals surface area contributed by atoms with E-state index in [1.54, 1.807) is 0 Å². The number of ether oxygens (including phenoxy) is 1. The van der Waals surface area contributed by atoms with Gasteiger partial charge in [0.05, 0.1) is 0 Å². The first-order valence-electron chi connectivity index (χ1n) is 9.05. The average Bonchev–Trinajstić information content (AvgIpc) is 2.98. The average molecular weight is 361 g/mol. The summed E-state index contributed by atoms with van der Waals surface area (Å²) in [7, 11) is 4.13. The maximum atomic E-state index is 12.0. The van der Waals surface area contributed by atoms with Crippen LogP contribution in [0.15, 0.2) is 23.8 Å². The highest BCUT2D eigenvalue weighted by Gasteiger charge is 2.41. The summed E-state index contributed by atoms with van der Waals surface area (Å²) in [4.78, 5) is 16.3. The van der Waals surface area contributed by atoms with Crippen molar-refractivity contribution in [3.63, 3.8) is 0 Å². The topological polar surface area (TPSA) is 32.8 Å². The van der Waals surface area contributed by atoms with E-state index in [1.807, 2.05) is 30.1 Å². The number of hydrogen-bond donors (Lipinski definition) is 0. The Kier molecular flexibility index (Phi) is 4.50. The number of nitrogens with zero attached hydrogens (tertiary/aromatic N) is 2. The monoisotopic (exact) mass is 360 g/mol. The van der Waals surface area contributed by atoms with Gasteiger partial charge in [-0.2, -0.15) is 0 Å². The van der Waals surface area contributed by atoms with E-state index in [9.17, 15) is 4.79 Å². The van der Waals surface area contributed by atoms with E-state index in [-0.39, 0.29) is 0 Å². The molecule has 2 heterocycles. The van der Waals surface area contributed by atoms with E-state index in [2.05, 4.69) is 18.0 Å². The summed E-state index contributed by atoms with van der Waals surface area (Å²) in [5.41, 5.74) is 2.34. The summed E-state index contributed by atoms with van der Waals surface area (Å²) in [5.74, 6) is 2.43. The zero-order chi connectivity index (χ0) is 17.6. The largest absolute Gasteiger partial charge is 0.489 e. The van der Waals surface area contributed by atoms with E-state index >= 15 is 0 Å². The minimum Gasteiger partial charge on any atom is -0.489 e. The number of carbonyl (C=O) groups is 1. The Morgan fingerprint density at radius 1 is 1.32 bits per heavy atom. The molecule has 0 unspecified atom stereocenters. The summed E-state index contributed by atoms with van der Waals surface area (Å²) >= 11 is 6.10. The molecule has 1 aromatic carbocycles. The first-order valence-corrected chi connectivity index (χ1v) is 9.43. The second-order valence-corrected chi connectivity index (χ2v) is 8.25. The normalized spacial score (nSPS) is 28.5. The lowest BCUT2D eigenvalue weighted by Crippen LogP contribution is -2.39. The van der Waals surface area contributed by atoms with Crippen LogP contribution in [0.25, 0.3) is 6.08 Å². The Bertz CT molecular complexity index is 718. The van der Waals surface area contributed by atoms with Crippen LogP contribution in [0.1, 0.15) is 24.8 Å². The number of benzene rings is 1.